The second-order valence-corrected chi connectivity index (χ2v) is 8.20. The Bertz CT molecular complexity index is 1390. The first kappa shape index (κ1) is 20.0. The molecule has 156 valence electrons. The van der Waals surface area contributed by atoms with Gasteiger partial charge in [0.15, 0.2) is 0 Å². The lowest BCUT2D eigenvalue weighted by atomic mass is 10.0. The predicted molar refractivity (Wildman–Crippen MR) is 134 cm³/mol. The Hall–Kier alpha value is -3.98. The van der Waals surface area contributed by atoms with Crippen molar-refractivity contribution in [1.82, 2.24) is 9.97 Å². The van der Waals surface area contributed by atoms with Crippen molar-refractivity contribution in [3.63, 3.8) is 0 Å². The van der Waals surface area contributed by atoms with Crippen LogP contribution in [-0.2, 0) is 6.54 Å². The van der Waals surface area contributed by atoms with E-state index >= 15 is 0 Å². The normalized spacial score (nSPS) is 10.9. The van der Waals surface area contributed by atoms with Gasteiger partial charge in [-0.05, 0) is 71.3 Å². The van der Waals surface area contributed by atoms with Crippen molar-refractivity contribution >= 4 is 16.6 Å². The summed E-state index contributed by atoms with van der Waals surface area (Å²) in [6.07, 6.45) is 3.73. The number of aryl methyl sites for hydroxylation is 2. The van der Waals surface area contributed by atoms with E-state index in [1.54, 1.807) is 0 Å². The lowest BCUT2D eigenvalue weighted by Gasteiger charge is -2.11. The number of anilines is 1. The minimum absolute atomic E-state index is 0.728. The van der Waals surface area contributed by atoms with E-state index in [0.29, 0.717) is 0 Å². The van der Waals surface area contributed by atoms with E-state index in [-0.39, 0.29) is 0 Å². The van der Waals surface area contributed by atoms with Crippen LogP contribution in [0.1, 0.15) is 16.8 Å². The maximum atomic E-state index is 4.59. The number of nitrogens with one attached hydrogen (secondary N) is 1. The van der Waals surface area contributed by atoms with Gasteiger partial charge in [0.1, 0.15) is 5.82 Å². The van der Waals surface area contributed by atoms with Crippen LogP contribution in [0.3, 0.4) is 0 Å². The summed E-state index contributed by atoms with van der Waals surface area (Å²) in [5.41, 5.74) is 8.38. The molecule has 0 saturated heterocycles. The molecule has 32 heavy (non-hydrogen) atoms. The monoisotopic (exact) mass is 415 g/mol. The van der Waals surface area contributed by atoms with Crippen LogP contribution in [0.15, 0.2) is 97.3 Å². The predicted octanol–water partition coefficient (Wildman–Crippen LogP) is 7.19. The van der Waals surface area contributed by atoms with Crippen molar-refractivity contribution < 1.29 is 0 Å². The fourth-order valence-corrected chi connectivity index (χ4v) is 4.05. The number of aromatic nitrogens is 2. The molecule has 0 aliphatic carbocycles. The summed E-state index contributed by atoms with van der Waals surface area (Å²) in [5, 5.41) is 5.81. The molecule has 0 bridgehead atoms. The first-order valence-corrected chi connectivity index (χ1v) is 10.9. The molecule has 0 radical (unpaired) electrons. The van der Waals surface area contributed by atoms with Gasteiger partial charge in [0, 0.05) is 30.0 Å². The van der Waals surface area contributed by atoms with Crippen molar-refractivity contribution in [2.45, 2.75) is 20.4 Å². The molecule has 3 heteroatoms. The summed E-state index contributed by atoms with van der Waals surface area (Å²) < 4.78 is 0. The van der Waals surface area contributed by atoms with Crippen LogP contribution in [0.25, 0.3) is 33.0 Å². The van der Waals surface area contributed by atoms with E-state index < -0.39 is 0 Å². The third kappa shape index (κ3) is 4.23. The van der Waals surface area contributed by atoms with Gasteiger partial charge in [0.2, 0.25) is 0 Å². The van der Waals surface area contributed by atoms with Crippen LogP contribution in [0.5, 0.6) is 0 Å². The van der Waals surface area contributed by atoms with Crippen LogP contribution in [0, 0.1) is 13.8 Å². The van der Waals surface area contributed by atoms with Crippen molar-refractivity contribution in [2.24, 2.45) is 0 Å². The molecule has 0 saturated carbocycles. The third-order valence-corrected chi connectivity index (χ3v) is 5.76. The average molecular weight is 416 g/mol. The highest BCUT2D eigenvalue weighted by Gasteiger charge is 2.06. The largest absolute Gasteiger partial charge is 0.365 e. The lowest BCUT2D eigenvalue weighted by molar-refractivity contribution is 1.12. The minimum Gasteiger partial charge on any atom is -0.365 e. The lowest BCUT2D eigenvalue weighted by Crippen LogP contribution is -2.02. The molecule has 0 aliphatic heterocycles. The summed E-state index contributed by atoms with van der Waals surface area (Å²) in [5.74, 6) is 0.905. The molecule has 0 aliphatic rings. The molecule has 5 rings (SSSR count). The number of hydrogen-bond acceptors (Lipinski definition) is 3. The van der Waals surface area contributed by atoms with Crippen LogP contribution < -0.4 is 5.32 Å². The summed E-state index contributed by atoms with van der Waals surface area (Å²) in [7, 11) is 0. The van der Waals surface area contributed by atoms with Gasteiger partial charge >= 0.3 is 0 Å². The fourth-order valence-electron chi connectivity index (χ4n) is 4.05. The summed E-state index contributed by atoms with van der Waals surface area (Å²) in [6.45, 7) is 4.87. The smallest absolute Gasteiger partial charge is 0.134 e. The van der Waals surface area contributed by atoms with Gasteiger partial charge in [-0.1, -0.05) is 66.2 Å². The fraction of sp³-hybridized carbons (Fsp3) is 0.103. The summed E-state index contributed by atoms with van der Waals surface area (Å²) >= 11 is 0. The van der Waals surface area contributed by atoms with E-state index in [1.807, 2.05) is 19.3 Å². The number of pyridine rings is 2. The van der Waals surface area contributed by atoms with E-state index in [9.17, 15) is 0 Å². The van der Waals surface area contributed by atoms with Gasteiger partial charge in [-0.3, -0.25) is 4.98 Å². The molecule has 0 amide bonds. The Balaban J connectivity index is 1.35. The summed E-state index contributed by atoms with van der Waals surface area (Å²) in [4.78, 5) is 8.89. The maximum Gasteiger partial charge on any atom is 0.134 e. The van der Waals surface area contributed by atoms with Crippen molar-refractivity contribution in [3.05, 3.63) is 114 Å². The van der Waals surface area contributed by atoms with Gasteiger partial charge in [-0.25, -0.2) is 4.98 Å². The molecule has 0 unspecified atom stereocenters. The minimum atomic E-state index is 0.728. The van der Waals surface area contributed by atoms with Crippen molar-refractivity contribution in [1.29, 1.82) is 0 Å². The molecular weight excluding hydrogens is 390 g/mol. The molecule has 5 aromatic rings. The molecule has 3 aromatic carbocycles. The van der Waals surface area contributed by atoms with Gasteiger partial charge in [-0.2, -0.15) is 0 Å². The van der Waals surface area contributed by atoms with E-state index in [1.165, 1.54) is 38.8 Å². The molecule has 3 nitrogen and oxygen atoms in total. The third-order valence-electron chi connectivity index (χ3n) is 5.76. The SMILES string of the molecule is Cc1cccc(-c2ccc(CNc3nccc4cc(-c5ccnc(C)c5)ccc34)cc2)c1. The van der Waals surface area contributed by atoms with Crippen LogP contribution >= 0.6 is 0 Å². The van der Waals surface area contributed by atoms with Gasteiger partial charge in [0.25, 0.3) is 0 Å². The number of nitrogens with zero attached hydrogens (tertiary/aromatic N) is 2. The molecule has 2 aromatic heterocycles. The number of fused-ring (bicyclic) bond motifs is 1. The average Bonchev–Trinajstić information content (AvgIpc) is 2.82. The number of hydrogen-bond donors (Lipinski definition) is 1. The molecule has 0 spiro atoms. The maximum absolute atomic E-state index is 4.59. The Kier molecular flexibility index (Phi) is 5.39. The summed E-state index contributed by atoms with van der Waals surface area (Å²) in [6, 6.07) is 30.1. The Morgan fingerprint density at radius 2 is 1.41 bits per heavy atom. The first-order valence-electron chi connectivity index (χ1n) is 10.9. The zero-order valence-corrected chi connectivity index (χ0v) is 18.3. The van der Waals surface area contributed by atoms with Gasteiger partial charge in [-0.15, -0.1) is 0 Å². The Morgan fingerprint density at radius 1 is 0.656 bits per heavy atom. The zero-order chi connectivity index (χ0) is 21.9. The molecule has 0 fully saturated rings. The Labute approximate surface area is 188 Å². The first-order chi connectivity index (χ1) is 15.7. The van der Waals surface area contributed by atoms with Crippen LogP contribution in [0.4, 0.5) is 5.82 Å². The van der Waals surface area contributed by atoms with Crippen molar-refractivity contribution in [2.75, 3.05) is 5.32 Å². The second kappa shape index (κ2) is 8.64. The highest BCUT2D eigenvalue weighted by molar-refractivity contribution is 5.94. The van der Waals surface area contributed by atoms with Gasteiger partial charge in [0.05, 0.1) is 0 Å². The van der Waals surface area contributed by atoms with E-state index in [4.69, 9.17) is 0 Å². The quantitative estimate of drug-likeness (QED) is 0.330. The molecule has 1 N–H and O–H groups in total. The topological polar surface area (TPSA) is 37.8 Å². The van der Waals surface area contributed by atoms with Crippen molar-refractivity contribution in [3.8, 4) is 22.3 Å². The molecule has 2 heterocycles. The van der Waals surface area contributed by atoms with Crippen LogP contribution in [0.2, 0.25) is 0 Å². The highest BCUT2D eigenvalue weighted by atomic mass is 15.0. The molecular formula is C29H25N3. The zero-order valence-electron chi connectivity index (χ0n) is 18.3. The highest BCUT2D eigenvalue weighted by Crippen LogP contribution is 2.28. The second-order valence-electron chi connectivity index (χ2n) is 8.20. The standard InChI is InChI=1S/C29H25N3/c1-20-4-3-5-24(16-20)23-8-6-22(7-9-23)19-32-29-28-11-10-25(18-27(28)13-15-31-29)26-12-14-30-21(2)17-26/h3-18H,19H2,1-2H3,(H,31,32). The number of benzene rings is 3. The molecule has 0 atom stereocenters. The van der Waals surface area contributed by atoms with Crippen LogP contribution in [-0.4, -0.2) is 9.97 Å². The Morgan fingerprint density at radius 3 is 2.22 bits per heavy atom. The van der Waals surface area contributed by atoms with E-state index in [2.05, 4.69) is 107 Å². The van der Waals surface area contributed by atoms with Gasteiger partial charge < -0.3 is 5.32 Å². The number of rotatable bonds is 5. The van der Waals surface area contributed by atoms with E-state index in [0.717, 1.165) is 23.4 Å².